The summed E-state index contributed by atoms with van der Waals surface area (Å²) in [5.41, 5.74) is 2.98. The van der Waals surface area contributed by atoms with Crippen LogP contribution in [0.3, 0.4) is 0 Å². The van der Waals surface area contributed by atoms with Gasteiger partial charge < -0.3 is 10.6 Å². The molecular weight excluding hydrogens is 396 g/mol. The van der Waals surface area contributed by atoms with Crippen LogP contribution >= 0.6 is 36.6 Å². The highest BCUT2D eigenvalue weighted by molar-refractivity contribution is 7.98. The summed E-state index contributed by atoms with van der Waals surface area (Å²) in [6.07, 6.45) is 2.78. The molecule has 0 saturated carbocycles. The van der Waals surface area contributed by atoms with E-state index in [0.717, 1.165) is 29.1 Å². The second kappa shape index (κ2) is 11.4. The van der Waals surface area contributed by atoms with Gasteiger partial charge in [-0.1, -0.05) is 12.1 Å². The van der Waals surface area contributed by atoms with E-state index in [4.69, 9.17) is 0 Å². The van der Waals surface area contributed by atoms with E-state index in [2.05, 4.69) is 15.6 Å². The Morgan fingerprint density at radius 2 is 2.12 bits per heavy atom. The number of halogens is 3. The number of pyridine rings is 1. The lowest BCUT2D eigenvalue weighted by atomic mass is 9.99. The van der Waals surface area contributed by atoms with Gasteiger partial charge in [-0.05, 0) is 42.3 Å². The number of rotatable bonds is 6. The number of fused-ring (bicyclic) bond motifs is 1. The smallest absolute Gasteiger partial charge is 0.225 e. The van der Waals surface area contributed by atoms with Gasteiger partial charge >= 0.3 is 0 Å². The highest BCUT2D eigenvalue weighted by atomic mass is 35.5. The van der Waals surface area contributed by atoms with Crippen molar-refractivity contribution < 1.29 is 9.18 Å². The van der Waals surface area contributed by atoms with E-state index in [1.165, 1.54) is 0 Å². The molecule has 1 aliphatic rings. The van der Waals surface area contributed by atoms with E-state index < -0.39 is 0 Å². The number of benzene rings is 1. The van der Waals surface area contributed by atoms with Crippen molar-refractivity contribution in [2.45, 2.75) is 25.1 Å². The van der Waals surface area contributed by atoms with Crippen LogP contribution in [-0.4, -0.2) is 23.2 Å². The lowest BCUT2D eigenvalue weighted by molar-refractivity contribution is -0.115. The average Bonchev–Trinajstić information content (AvgIpc) is 2.62. The number of nitrogens with one attached hydrogen (secondary N) is 2. The maximum absolute atomic E-state index is 14.5. The number of nitrogens with zero attached hydrogens (tertiary/aromatic N) is 1. The molecular formula is C18H22Cl2FN3OS. The van der Waals surface area contributed by atoms with E-state index in [1.807, 2.05) is 24.3 Å². The maximum Gasteiger partial charge on any atom is 0.225 e. The zero-order valence-electron chi connectivity index (χ0n) is 14.2. The topological polar surface area (TPSA) is 54.0 Å². The van der Waals surface area contributed by atoms with Crippen LogP contribution in [0.4, 0.5) is 10.1 Å². The van der Waals surface area contributed by atoms with E-state index in [-0.39, 0.29) is 42.2 Å². The summed E-state index contributed by atoms with van der Waals surface area (Å²) in [7, 11) is 0. The Morgan fingerprint density at radius 1 is 1.27 bits per heavy atom. The first kappa shape index (κ1) is 22.7. The van der Waals surface area contributed by atoms with Gasteiger partial charge in [-0.2, -0.15) is 11.8 Å². The van der Waals surface area contributed by atoms with Crippen LogP contribution < -0.4 is 10.6 Å². The predicted octanol–water partition coefficient (Wildman–Crippen LogP) is 3.97. The van der Waals surface area contributed by atoms with Crippen LogP contribution in [0.2, 0.25) is 0 Å². The lowest BCUT2D eigenvalue weighted by Crippen LogP contribution is -2.25. The van der Waals surface area contributed by atoms with Crippen molar-refractivity contribution in [3.05, 3.63) is 59.2 Å². The van der Waals surface area contributed by atoms with Crippen molar-refractivity contribution in [3.8, 4) is 0 Å². The number of thioether (sulfide) groups is 1. The van der Waals surface area contributed by atoms with Crippen molar-refractivity contribution >= 4 is 48.2 Å². The summed E-state index contributed by atoms with van der Waals surface area (Å²) in [5, 5.41) is 5.91. The van der Waals surface area contributed by atoms with Crippen LogP contribution in [0.25, 0.3) is 0 Å². The Bertz CT molecular complexity index is 719. The molecule has 1 amide bonds. The molecule has 1 aromatic heterocycles. The summed E-state index contributed by atoms with van der Waals surface area (Å²) in [6.45, 7) is 1.45. The largest absolute Gasteiger partial charge is 0.324 e. The average molecular weight is 418 g/mol. The minimum atomic E-state index is -0.288. The number of aromatic nitrogens is 1. The lowest BCUT2D eigenvalue weighted by Gasteiger charge is -2.19. The molecule has 0 fully saturated rings. The predicted molar refractivity (Wildman–Crippen MR) is 110 cm³/mol. The van der Waals surface area contributed by atoms with Gasteiger partial charge in [-0.3, -0.25) is 9.78 Å². The van der Waals surface area contributed by atoms with Crippen molar-refractivity contribution in [1.29, 1.82) is 0 Å². The van der Waals surface area contributed by atoms with Gasteiger partial charge in [0.15, 0.2) is 0 Å². The first-order valence-corrected chi connectivity index (χ1v) is 9.18. The third-order valence-electron chi connectivity index (χ3n) is 3.93. The molecule has 1 aromatic carbocycles. The van der Waals surface area contributed by atoms with E-state index in [0.29, 0.717) is 25.1 Å². The van der Waals surface area contributed by atoms with Gasteiger partial charge in [0.2, 0.25) is 5.91 Å². The Hall–Kier alpha value is -1.34. The molecule has 8 heteroatoms. The fourth-order valence-electron chi connectivity index (χ4n) is 2.67. The number of anilines is 1. The van der Waals surface area contributed by atoms with Crippen LogP contribution in [0.1, 0.15) is 23.2 Å². The fourth-order valence-corrected chi connectivity index (χ4v) is 3.52. The minimum Gasteiger partial charge on any atom is -0.324 e. The second-order valence-corrected chi connectivity index (χ2v) is 6.77. The molecule has 4 nitrogen and oxygen atoms in total. The Labute approximate surface area is 169 Å². The third-order valence-corrected chi connectivity index (χ3v) is 4.92. The fraction of sp³-hybridized carbons (Fsp3) is 0.333. The van der Waals surface area contributed by atoms with Crippen molar-refractivity contribution in [1.82, 2.24) is 10.3 Å². The number of carbonyl (C=O) groups is 1. The van der Waals surface area contributed by atoms with Gasteiger partial charge in [-0.15, -0.1) is 24.8 Å². The summed E-state index contributed by atoms with van der Waals surface area (Å²) >= 11 is 1.65. The van der Waals surface area contributed by atoms with Crippen LogP contribution in [0, 0.1) is 5.82 Å². The Balaban J connectivity index is 0.00000169. The Kier molecular flexibility index (Phi) is 9.94. The normalized spacial score (nSPS) is 12.3. The quantitative estimate of drug-likeness (QED) is 0.698. The van der Waals surface area contributed by atoms with Gasteiger partial charge in [0.1, 0.15) is 5.82 Å². The van der Waals surface area contributed by atoms with Gasteiger partial charge in [-0.25, -0.2) is 4.39 Å². The van der Waals surface area contributed by atoms with Gasteiger partial charge in [0.05, 0.1) is 11.4 Å². The molecule has 1 aliphatic heterocycles. The first-order valence-electron chi connectivity index (χ1n) is 8.02. The summed E-state index contributed by atoms with van der Waals surface area (Å²) < 4.78 is 14.5. The molecule has 2 N–H and O–H groups in total. The van der Waals surface area contributed by atoms with Crippen molar-refractivity contribution in [3.63, 3.8) is 0 Å². The maximum atomic E-state index is 14.5. The minimum absolute atomic E-state index is 0. The monoisotopic (exact) mass is 417 g/mol. The van der Waals surface area contributed by atoms with Crippen LogP contribution in [-0.2, 0) is 23.5 Å². The third kappa shape index (κ3) is 6.13. The van der Waals surface area contributed by atoms with E-state index in [1.54, 1.807) is 24.0 Å². The zero-order valence-corrected chi connectivity index (χ0v) is 16.6. The second-order valence-electron chi connectivity index (χ2n) is 5.66. The van der Waals surface area contributed by atoms with Crippen molar-refractivity contribution in [2.24, 2.45) is 0 Å². The summed E-state index contributed by atoms with van der Waals surface area (Å²) in [6, 6.07) is 9.33. The molecule has 26 heavy (non-hydrogen) atoms. The molecule has 0 unspecified atom stereocenters. The summed E-state index contributed by atoms with van der Waals surface area (Å²) in [5.74, 6) is 1.01. The number of amides is 1. The molecule has 0 bridgehead atoms. The molecule has 0 atom stereocenters. The highest BCUT2D eigenvalue weighted by Crippen LogP contribution is 2.24. The molecule has 3 rings (SSSR count). The molecule has 0 saturated heterocycles. The molecule has 0 radical (unpaired) electrons. The highest BCUT2D eigenvalue weighted by Gasteiger charge is 2.17. The standard InChI is InChI=1S/C18H20FN3OS.2ClH/c19-18-15-6-9-20-11-13(15)4-5-16(18)22-17(23)7-10-24-12-14-3-1-2-8-21-14;;/h1-5,8,20H,6-7,9-12H2,(H,22,23);2*1H. The molecule has 142 valence electrons. The molecule has 0 spiro atoms. The van der Waals surface area contributed by atoms with Crippen LogP contribution in [0.15, 0.2) is 36.5 Å². The molecule has 2 heterocycles. The summed E-state index contributed by atoms with van der Waals surface area (Å²) in [4.78, 5) is 16.3. The van der Waals surface area contributed by atoms with Crippen LogP contribution in [0.5, 0.6) is 0 Å². The van der Waals surface area contributed by atoms with E-state index in [9.17, 15) is 9.18 Å². The van der Waals surface area contributed by atoms with Gasteiger partial charge in [0.25, 0.3) is 0 Å². The van der Waals surface area contributed by atoms with Crippen molar-refractivity contribution in [2.75, 3.05) is 17.6 Å². The number of carbonyl (C=O) groups excluding carboxylic acids is 1. The Morgan fingerprint density at radius 3 is 2.88 bits per heavy atom. The molecule has 0 aliphatic carbocycles. The first-order chi connectivity index (χ1) is 11.7. The number of hydrogen-bond acceptors (Lipinski definition) is 4. The molecule has 2 aromatic rings. The zero-order chi connectivity index (χ0) is 16.8. The van der Waals surface area contributed by atoms with Gasteiger partial charge in [0, 0.05) is 30.7 Å². The van der Waals surface area contributed by atoms with E-state index >= 15 is 0 Å². The number of hydrogen-bond donors (Lipinski definition) is 2. The SMILES string of the molecule is Cl.Cl.O=C(CCSCc1ccccn1)Nc1ccc2c(c1F)CCNC2.